The Morgan fingerprint density at radius 2 is 1.94 bits per heavy atom. The highest BCUT2D eigenvalue weighted by Gasteiger charge is 2.14. The molecule has 0 amide bonds. The molecule has 0 aromatic carbocycles. The van der Waals surface area contributed by atoms with Crippen LogP contribution in [0.3, 0.4) is 0 Å². The topological polar surface area (TPSA) is 24.5 Å². The molecule has 1 unspecified atom stereocenters. The zero-order valence-corrected chi connectivity index (χ0v) is 10.4. The first-order valence-corrected chi connectivity index (χ1v) is 6.96. The van der Waals surface area contributed by atoms with Crippen LogP contribution in [0.2, 0.25) is 0 Å². The van der Waals surface area contributed by atoms with Gasteiger partial charge >= 0.3 is 0 Å². The van der Waals surface area contributed by atoms with Gasteiger partial charge < -0.3 is 15.0 Å². The van der Waals surface area contributed by atoms with Gasteiger partial charge in [-0.15, -0.1) is 0 Å². The van der Waals surface area contributed by atoms with Crippen molar-refractivity contribution >= 4 is 0 Å². The molecule has 0 saturated carbocycles. The van der Waals surface area contributed by atoms with Crippen LogP contribution in [-0.4, -0.2) is 50.8 Å². The van der Waals surface area contributed by atoms with Crippen LogP contribution in [0.4, 0.5) is 0 Å². The Morgan fingerprint density at radius 3 is 2.62 bits per heavy atom. The molecule has 16 heavy (non-hydrogen) atoms. The van der Waals surface area contributed by atoms with Gasteiger partial charge in [-0.05, 0) is 38.3 Å². The van der Waals surface area contributed by atoms with Gasteiger partial charge in [0, 0.05) is 26.2 Å². The average molecular weight is 226 g/mol. The van der Waals surface area contributed by atoms with Gasteiger partial charge in [0.1, 0.15) is 0 Å². The van der Waals surface area contributed by atoms with Crippen molar-refractivity contribution in [2.75, 3.05) is 45.9 Å². The Labute approximate surface area is 99.5 Å². The first-order valence-electron chi connectivity index (χ1n) is 6.96. The van der Waals surface area contributed by atoms with E-state index >= 15 is 0 Å². The summed E-state index contributed by atoms with van der Waals surface area (Å²) in [5, 5.41) is 3.57. The predicted octanol–water partition coefficient (Wildman–Crippen LogP) is 1.49. The number of hydrogen-bond acceptors (Lipinski definition) is 3. The lowest BCUT2D eigenvalue weighted by atomic mass is 10.1. The van der Waals surface area contributed by atoms with Gasteiger partial charge in [-0.2, -0.15) is 0 Å². The minimum Gasteiger partial charge on any atom is -0.381 e. The molecule has 0 radical (unpaired) electrons. The summed E-state index contributed by atoms with van der Waals surface area (Å²) in [6.45, 7) is 8.09. The quantitative estimate of drug-likeness (QED) is 0.719. The highest BCUT2D eigenvalue weighted by molar-refractivity contribution is 4.68. The van der Waals surface area contributed by atoms with Crippen LogP contribution >= 0.6 is 0 Å². The van der Waals surface area contributed by atoms with Gasteiger partial charge in [0.15, 0.2) is 0 Å². The van der Waals surface area contributed by atoms with Crippen LogP contribution in [0.15, 0.2) is 0 Å². The van der Waals surface area contributed by atoms with E-state index in [1.165, 1.54) is 51.7 Å². The maximum absolute atomic E-state index is 5.37. The summed E-state index contributed by atoms with van der Waals surface area (Å²) in [6.07, 6.45) is 6.91. The Balaban J connectivity index is 1.49. The molecule has 0 spiro atoms. The van der Waals surface area contributed by atoms with E-state index in [2.05, 4.69) is 10.2 Å². The van der Waals surface area contributed by atoms with Gasteiger partial charge in [0.2, 0.25) is 0 Å². The SMILES string of the molecule is C1CCCN(CCNCC2CCOC2)CC1. The van der Waals surface area contributed by atoms with Crippen molar-refractivity contribution in [3.05, 3.63) is 0 Å². The summed E-state index contributed by atoms with van der Waals surface area (Å²) in [5.74, 6) is 0.768. The van der Waals surface area contributed by atoms with Crippen molar-refractivity contribution in [2.24, 2.45) is 5.92 Å². The standard InChI is InChI=1S/C13H26N2O/c1-2-4-8-15(7-3-1)9-6-14-11-13-5-10-16-12-13/h13-14H,1-12H2. The van der Waals surface area contributed by atoms with E-state index in [0.717, 1.165) is 32.2 Å². The fourth-order valence-corrected chi connectivity index (χ4v) is 2.65. The molecule has 2 rings (SSSR count). The van der Waals surface area contributed by atoms with Crippen LogP contribution < -0.4 is 5.32 Å². The molecule has 94 valence electrons. The van der Waals surface area contributed by atoms with E-state index < -0.39 is 0 Å². The first kappa shape index (κ1) is 12.3. The predicted molar refractivity (Wildman–Crippen MR) is 66.7 cm³/mol. The van der Waals surface area contributed by atoms with Gasteiger partial charge in [0.05, 0.1) is 6.61 Å². The summed E-state index contributed by atoms with van der Waals surface area (Å²) >= 11 is 0. The molecular formula is C13H26N2O. The molecule has 2 aliphatic heterocycles. The molecule has 2 fully saturated rings. The maximum Gasteiger partial charge on any atom is 0.0507 e. The lowest BCUT2D eigenvalue weighted by Gasteiger charge is -2.20. The number of likely N-dealkylation sites (tertiary alicyclic amines) is 1. The second kappa shape index (κ2) is 7.25. The Hall–Kier alpha value is -0.120. The van der Waals surface area contributed by atoms with Gasteiger partial charge in [0.25, 0.3) is 0 Å². The molecular weight excluding hydrogens is 200 g/mol. The van der Waals surface area contributed by atoms with Crippen LogP contribution in [0.5, 0.6) is 0 Å². The fraction of sp³-hybridized carbons (Fsp3) is 1.00. The Bertz CT molecular complexity index is 173. The maximum atomic E-state index is 5.37. The Kier molecular flexibility index (Phi) is 5.59. The molecule has 0 aliphatic carbocycles. The second-order valence-electron chi connectivity index (χ2n) is 5.19. The molecule has 2 saturated heterocycles. The molecule has 1 N–H and O–H groups in total. The van der Waals surface area contributed by atoms with Crippen LogP contribution in [-0.2, 0) is 4.74 Å². The highest BCUT2D eigenvalue weighted by Crippen LogP contribution is 2.11. The molecule has 0 bridgehead atoms. The molecule has 2 aliphatic rings. The summed E-state index contributed by atoms with van der Waals surface area (Å²) < 4.78 is 5.37. The average Bonchev–Trinajstić information content (AvgIpc) is 2.68. The molecule has 1 atom stereocenters. The third-order valence-corrected chi connectivity index (χ3v) is 3.76. The first-order chi connectivity index (χ1) is 7.95. The van der Waals surface area contributed by atoms with Crippen molar-refractivity contribution < 1.29 is 4.74 Å². The molecule has 3 nitrogen and oxygen atoms in total. The van der Waals surface area contributed by atoms with Crippen molar-refractivity contribution in [1.82, 2.24) is 10.2 Å². The van der Waals surface area contributed by atoms with Gasteiger partial charge in [-0.25, -0.2) is 0 Å². The lowest BCUT2D eigenvalue weighted by Crippen LogP contribution is -2.34. The van der Waals surface area contributed by atoms with Crippen molar-refractivity contribution in [2.45, 2.75) is 32.1 Å². The molecule has 0 aromatic heterocycles. The van der Waals surface area contributed by atoms with E-state index in [9.17, 15) is 0 Å². The van der Waals surface area contributed by atoms with Gasteiger partial charge in [-0.3, -0.25) is 0 Å². The van der Waals surface area contributed by atoms with Crippen LogP contribution in [0, 0.1) is 5.92 Å². The Morgan fingerprint density at radius 1 is 1.12 bits per heavy atom. The van der Waals surface area contributed by atoms with E-state index in [-0.39, 0.29) is 0 Å². The third-order valence-electron chi connectivity index (χ3n) is 3.76. The highest BCUT2D eigenvalue weighted by atomic mass is 16.5. The summed E-state index contributed by atoms with van der Waals surface area (Å²) in [7, 11) is 0. The van der Waals surface area contributed by atoms with E-state index in [0.29, 0.717) is 0 Å². The largest absolute Gasteiger partial charge is 0.381 e. The molecule has 0 aromatic rings. The zero-order valence-electron chi connectivity index (χ0n) is 10.4. The zero-order chi connectivity index (χ0) is 11.1. The number of rotatable bonds is 5. The molecule has 2 heterocycles. The second-order valence-corrected chi connectivity index (χ2v) is 5.19. The number of nitrogens with one attached hydrogen (secondary N) is 1. The monoisotopic (exact) mass is 226 g/mol. The van der Waals surface area contributed by atoms with E-state index in [1.54, 1.807) is 0 Å². The van der Waals surface area contributed by atoms with Gasteiger partial charge in [-0.1, -0.05) is 12.8 Å². The van der Waals surface area contributed by atoms with Crippen LogP contribution in [0.25, 0.3) is 0 Å². The minimum absolute atomic E-state index is 0.768. The van der Waals surface area contributed by atoms with E-state index in [1.807, 2.05) is 0 Å². The fourth-order valence-electron chi connectivity index (χ4n) is 2.65. The summed E-state index contributed by atoms with van der Waals surface area (Å²) in [4.78, 5) is 2.62. The van der Waals surface area contributed by atoms with Crippen molar-refractivity contribution in [3.63, 3.8) is 0 Å². The summed E-state index contributed by atoms with van der Waals surface area (Å²) in [5.41, 5.74) is 0. The summed E-state index contributed by atoms with van der Waals surface area (Å²) in [6, 6.07) is 0. The smallest absolute Gasteiger partial charge is 0.0507 e. The number of ether oxygens (including phenoxy) is 1. The normalized spacial score (nSPS) is 28.1. The lowest BCUT2D eigenvalue weighted by molar-refractivity contribution is 0.185. The van der Waals surface area contributed by atoms with Crippen LogP contribution in [0.1, 0.15) is 32.1 Å². The minimum atomic E-state index is 0.768. The van der Waals surface area contributed by atoms with Crippen molar-refractivity contribution in [3.8, 4) is 0 Å². The molecule has 3 heteroatoms. The van der Waals surface area contributed by atoms with E-state index in [4.69, 9.17) is 4.74 Å². The number of hydrogen-bond donors (Lipinski definition) is 1. The van der Waals surface area contributed by atoms with Crippen molar-refractivity contribution in [1.29, 1.82) is 0 Å². The third kappa shape index (κ3) is 4.40. The number of nitrogens with zero attached hydrogens (tertiary/aromatic N) is 1.